The van der Waals surface area contributed by atoms with Crippen LogP contribution in [-0.4, -0.2) is 25.2 Å². The maximum absolute atomic E-state index is 12.3. The molecule has 25 heavy (non-hydrogen) atoms. The van der Waals surface area contributed by atoms with Gasteiger partial charge in [-0.25, -0.2) is 4.79 Å². The van der Waals surface area contributed by atoms with E-state index in [1.165, 1.54) is 12.7 Å². The van der Waals surface area contributed by atoms with Gasteiger partial charge in [0.1, 0.15) is 5.69 Å². The third kappa shape index (κ3) is 3.18. The molecular formula is C19H18INO4. The van der Waals surface area contributed by atoms with Crippen molar-refractivity contribution in [3.05, 3.63) is 47.7 Å². The number of carbonyl (C=O) groups is 1. The average Bonchev–Trinajstić information content (AvgIpc) is 3.04. The van der Waals surface area contributed by atoms with E-state index < -0.39 is 5.97 Å². The number of nitrogens with one attached hydrogen (secondary N) is 1. The number of H-pyrrole nitrogens is 1. The smallest absolute Gasteiger partial charge is 0.355 e. The Labute approximate surface area is 160 Å². The zero-order chi connectivity index (χ0) is 18.0. The molecule has 0 aliphatic rings. The number of ether oxygens (including phenoxy) is 2. The number of rotatable bonds is 5. The number of methoxy groups -OCH3 is 2. The Bertz CT molecular complexity index is 915. The maximum Gasteiger partial charge on any atom is 0.355 e. The van der Waals surface area contributed by atoms with Gasteiger partial charge >= 0.3 is 5.97 Å². The molecule has 0 fully saturated rings. The topological polar surface area (TPSA) is 60.6 Å². The second-order valence-electron chi connectivity index (χ2n) is 5.54. The molecule has 0 atom stereocenters. The lowest BCUT2D eigenvalue weighted by Gasteiger charge is -2.08. The number of esters is 1. The largest absolute Gasteiger partial charge is 0.493 e. The molecule has 0 spiro atoms. The summed E-state index contributed by atoms with van der Waals surface area (Å²) in [5.74, 6) is 0.770. The van der Waals surface area contributed by atoms with Crippen molar-refractivity contribution in [2.24, 2.45) is 0 Å². The number of halogens is 1. The van der Waals surface area contributed by atoms with Crippen LogP contribution in [0.25, 0.3) is 22.0 Å². The van der Waals surface area contributed by atoms with Gasteiger partial charge in [0.2, 0.25) is 0 Å². The lowest BCUT2D eigenvalue weighted by atomic mass is 9.99. The van der Waals surface area contributed by atoms with Crippen molar-refractivity contribution in [3.8, 4) is 22.6 Å². The molecule has 2 aromatic carbocycles. The molecular weight excluding hydrogens is 433 g/mol. The third-order valence-corrected chi connectivity index (χ3v) is 4.68. The highest BCUT2D eigenvalue weighted by Gasteiger charge is 2.22. The molecule has 0 saturated heterocycles. The number of hydrogen-bond donors (Lipinski definition) is 1. The summed E-state index contributed by atoms with van der Waals surface area (Å²) in [7, 11) is 2.95. The summed E-state index contributed by atoms with van der Waals surface area (Å²) in [5, 5.41) is 0.872. The van der Waals surface area contributed by atoms with Crippen molar-refractivity contribution >= 4 is 39.9 Å². The van der Waals surface area contributed by atoms with Crippen LogP contribution in [0.3, 0.4) is 0 Å². The first-order chi connectivity index (χ1) is 12.1. The Balaban J connectivity index is 2.30. The van der Waals surface area contributed by atoms with Crippen LogP contribution in [0.4, 0.5) is 0 Å². The molecule has 0 radical (unpaired) electrons. The van der Waals surface area contributed by atoms with Gasteiger partial charge in [0.25, 0.3) is 0 Å². The third-order valence-electron chi connectivity index (χ3n) is 4.21. The maximum atomic E-state index is 12.3. The highest BCUT2D eigenvalue weighted by Crippen LogP contribution is 2.40. The second kappa shape index (κ2) is 7.35. The van der Waals surface area contributed by atoms with Crippen LogP contribution in [0.15, 0.2) is 36.4 Å². The standard InChI is InChI=1S/C19H18INO4/c1-4-11-5-7-12(8-6-11)17-13-9-16(25-20)15(23-2)10-14(13)21-18(17)19(22)24-3/h5-10,21H,4H2,1-3H3. The second-order valence-corrected chi connectivity index (χ2v) is 5.98. The van der Waals surface area contributed by atoms with Crippen molar-refractivity contribution in [3.63, 3.8) is 0 Å². The van der Waals surface area contributed by atoms with Crippen LogP contribution in [-0.2, 0) is 11.2 Å². The molecule has 5 nitrogen and oxygen atoms in total. The van der Waals surface area contributed by atoms with Gasteiger partial charge in [-0.05, 0) is 23.6 Å². The molecule has 130 valence electrons. The predicted molar refractivity (Wildman–Crippen MR) is 106 cm³/mol. The minimum Gasteiger partial charge on any atom is -0.493 e. The summed E-state index contributed by atoms with van der Waals surface area (Å²) < 4.78 is 15.7. The fourth-order valence-electron chi connectivity index (χ4n) is 2.88. The summed E-state index contributed by atoms with van der Waals surface area (Å²) in [4.78, 5) is 15.4. The number of benzene rings is 2. The van der Waals surface area contributed by atoms with Gasteiger partial charge in [-0.2, -0.15) is 0 Å². The Hall–Kier alpha value is -2.22. The van der Waals surface area contributed by atoms with Gasteiger partial charge in [0, 0.05) is 17.0 Å². The van der Waals surface area contributed by atoms with E-state index >= 15 is 0 Å². The molecule has 0 saturated carbocycles. The Morgan fingerprint density at radius 3 is 2.40 bits per heavy atom. The van der Waals surface area contributed by atoms with Gasteiger partial charge in [-0.15, -0.1) is 0 Å². The Morgan fingerprint density at radius 2 is 1.84 bits per heavy atom. The zero-order valence-corrected chi connectivity index (χ0v) is 16.3. The number of fused-ring (bicyclic) bond motifs is 1. The first-order valence-corrected chi connectivity index (χ1v) is 8.70. The number of hydrogen-bond acceptors (Lipinski definition) is 4. The monoisotopic (exact) mass is 451 g/mol. The highest BCUT2D eigenvalue weighted by molar-refractivity contribution is 14.1. The zero-order valence-electron chi connectivity index (χ0n) is 14.2. The molecule has 1 N–H and O–H groups in total. The molecule has 0 aliphatic heterocycles. The van der Waals surface area contributed by atoms with Crippen LogP contribution in [0.2, 0.25) is 0 Å². The Kier molecular flexibility index (Phi) is 5.17. The molecule has 3 rings (SSSR count). The summed E-state index contributed by atoms with van der Waals surface area (Å²) in [6.07, 6.45) is 0.960. The number of aromatic nitrogens is 1. The van der Waals surface area contributed by atoms with Crippen molar-refractivity contribution in [1.82, 2.24) is 4.98 Å². The van der Waals surface area contributed by atoms with E-state index in [1.54, 1.807) is 7.11 Å². The molecule has 0 amide bonds. The minimum atomic E-state index is -0.415. The summed E-state index contributed by atoms with van der Waals surface area (Å²) in [6, 6.07) is 11.8. The molecule has 0 aliphatic carbocycles. The quantitative estimate of drug-likeness (QED) is 0.442. The molecule has 0 unspecified atom stereocenters. The minimum absolute atomic E-state index is 0.411. The summed E-state index contributed by atoms with van der Waals surface area (Å²) >= 11 is 1.82. The van der Waals surface area contributed by atoms with Crippen molar-refractivity contribution in [2.45, 2.75) is 13.3 Å². The van der Waals surface area contributed by atoms with Crippen LogP contribution < -0.4 is 7.80 Å². The van der Waals surface area contributed by atoms with Crippen LogP contribution in [0.5, 0.6) is 11.5 Å². The normalized spacial score (nSPS) is 10.7. The SMILES string of the molecule is CCc1ccc(-c2c(C(=O)OC)[nH]c3cc(OC)c(OI)cc23)cc1. The van der Waals surface area contributed by atoms with Crippen molar-refractivity contribution in [1.29, 1.82) is 0 Å². The Morgan fingerprint density at radius 1 is 1.12 bits per heavy atom. The number of carbonyl (C=O) groups excluding carboxylic acids is 1. The summed E-state index contributed by atoms with van der Waals surface area (Å²) in [6.45, 7) is 2.11. The molecule has 1 heterocycles. The van der Waals surface area contributed by atoms with E-state index in [4.69, 9.17) is 12.5 Å². The fraction of sp³-hybridized carbons (Fsp3) is 0.211. The lowest BCUT2D eigenvalue weighted by Crippen LogP contribution is -2.03. The molecule has 6 heteroatoms. The molecule has 3 aromatic rings. The van der Waals surface area contributed by atoms with Crippen LogP contribution >= 0.6 is 23.0 Å². The predicted octanol–water partition coefficient (Wildman–Crippen LogP) is 4.92. The van der Waals surface area contributed by atoms with E-state index in [0.717, 1.165) is 28.5 Å². The molecule has 0 bridgehead atoms. The average molecular weight is 451 g/mol. The van der Waals surface area contributed by atoms with E-state index in [2.05, 4.69) is 24.0 Å². The van der Waals surface area contributed by atoms with Gasteiger partial charge in [-0.3, -0.25) is 0 Å². The van der Waals surface area contributed by atoms with Gasteiger partial charge in [0.15, 0.2) is 34.5 Å². The van der Waals surface area contributed by atoms with E-state index in [9.17, 15) is 4.79 Å². The number of aromatic amines is 1. The number of aryl methyl sites for hydroxylation is 1. The van der Waals surface area contributed by atoms with Gasteiger partial charge in [0.05, 0.1) is 19.7 Å². The highest BCUT2D eigenvalue weighted by atomic mass is 127. The first-order valence-electron chi connectivity index (χ1n) is 7.82. The van der Waals surface area contributed by atoms with Crippen LogP contribution in [0.1, 0.15) is 23.0 Å². The van der Waals surface area contributed by atoms with Gasteiger partial charge < -0.3 is 17.5 Å². The summed E-state index contributed by atoms with van der Waals surface area (Å²) in [5.41, 5.74) is 4.16. The molecule has 1 aromatic heterocycles. The lowest BCUT2D eigenvalue weighted by molar-refractivity contribution is 0.0596. The fourth-order valence-corrected chi connectivity index (χ4v) is 3.23. The van der Waals surface area contributed by atoms with Crippen LogP contribution in [0, 0.1) is 0 Å². The van der Waals surface area contributed by atoms with Crippen molar-refractivity contribution in [2.75, 3.05) is 14.2 Å². The van der Waals surface area contributed by atoms with E-state index in [1.807, 2.05) is 47.3 Å². The van der Waals surface area contributed by atoms with E-state index in [-0.39, 0.29) is 0 Å². The first kappa shape index (κ1) is 17.6. The van der Waals surface area contributed by atoms with Gasteiger partial charge in [-0.1, -0.05) is 31.2 Å². The van der Waals surface area contributed by atoms with E-state index in [0.29, 0.717) is 17.2 Å². The van der Waals surface area contributed by atoms with Crippen molar-refractivity contribution < 1.29 is 17.3 Å².